The summed E-state index contributed by atoms with van der Waals surface area (Å²) in [6.07, 6.45) is -1.83. The molecule has 18 heteroatoms. The normalized spacial score (nSPS) is 13.8. The molecule has 0 radical (unpaired) electrons. The number of aliphatic carboxylic acids is 2. The number of carboxylic acid groups (broad SMARTS) is 2. The molecule has 1 unspecified atom stereocenters. The van der Waals surface area contributed by atoms with Crippen molar-refractivity contribution in [3.8, 4) is 5.88 Å². The first kappa shape index (κ1) is 37.1. The van der Waals surface area contributed by atoms with Gasteiger partial charge in [-0.2, -0.15) is 4.37 Å². The first-order valence-electron chi connectivity index (χ1n) is 14.3. The second-order valence-corrected chi connectivity index (χ2v) is 11.4. The van der Waals surface area contributed by atoms with E-state index in [0.29, 0.717) is 32.1 Å². The minimum absolute atomic E-state index is 0.0413. The Morgan fingerprint density at radius 2 is 1.47 bits per heavy atom. The van der Waals surface area contributed by atoms with Gasteiger partial charge >= 0.3 is 29.8 Å². The highest BCUT2D eigenvalue weighted by atomic mass is 32.1. The molecule has 1 atom stereocenters. The van der Waals surface area contributed by atoms with E-state index in [1.54, 1.807) is 20.8 Å². The third kappa shape index (κ3) is 14.5. The summed E-state index contributed by atoms with van der Waals surface area (Å²) < 4.78 is 35.2. The van der Waals surface area contributed by atoms with Crippen LogP contribution in [0.25, 0.3) is 0 Å². The fourth-order valence-electron chi connectivity index (χ4n) is 3.98. The maximum atomic E-state index is 13.2. The number of hydrogen-bond acceptors (Lipinski definition) is 15. The number of anilines is 1. The second kappa shape index (κ2) is 18.7. The summed E-state index contributed by atoms with van der Waals surface area (Å²) in [5.74, 6) is -4.50. The maximum Gasteiger partial charge on any atom is 0.344 e. The van der Waals surface area contributed by atoms with Crippen molar-refractivity contribution in [1.29, 1.82) is 0 Å². The molecule has 2 heterocycles. The van der Waals surface area contributed by atoms with E-state index in [-0.39, 0.29) is 57.6 Å². The van der Waals surface area contributed by atoms with Gasteiger partial charge in [-0.15, -0.1) is 4.37 Å². The fourth-order valence-corrected chi connectivity index (χ4v) is 4.50. The fraction of sp³-hybridized carbons (Fsp3) is 0.704. The minimum atomic E-state index is -1.10. The van der Waals surface area contributed by atoms with Crippen LogP contribution in [0.1, 0.15) is 59.3 Å². The van der Waals surface area contributed by atoms with Crippen LogP contribution in [-0.2, 0) is 47.7 Å². The molecular weight excluding hydrogens is 620 g/mol. The van der Waals surface area contributed by atoms with Gasteiger partial charge in [0.2, 0.25) is 5.82 Å². The minimum Gasteiger partial charge on any atom is -0.481 e. The van der Waals surface area contributed by atoms with Crippen molar-refractivity contribution in [2.24, 2.45) is 0 Å². The Balaban J connectivity index is 2.10. The zero-order valence-corrected chi connectivity index (χ0v) is 26.4. The van der Waals surface area contributed by atoms with Gasteiger partial charge in [0.1, 0.15) is 6.61 Å². The lowest BCUT2D eigenvalue weighted by atomic mass is 10.1. The van der Waals surface area contributed by atoms with Crippen molar-refractivity contribution in [2.75, 3.05) is 57.6 Å². The quantitative estimate of drug-likeness (QED) is 0.155. The summed E-state index contributed by atoms with van der Waals surface area (Å²) in [5.41, 5.74) is -0.838. The Morgan fingerprint density at radius 3 is 2.02 bits per heavy atom. The molecule has 1 saturated heterocycles. The molecule has 252 valence electrons. The monoisotopic (exact) mass is 660 g/mol. The average molecular weight is 661 g/mol. The Labute approximate surface area is 264 Å². The van der Waals surface area contributed by atoms with Crippen molar-refractivity contribution < 1.29 is 62.7 Å². The molecule has 17 nitrogen and oxygen atoms in total. The molecule has 0 spiro atoms. The van der Waals surface area contributed by atoms with Crippen LogP contribution < -0.4 is 9.64 Å². The van der Waals surface area contributed by atoms with Crippen LogP contribution >= 0.6 is 11.7 Å². The zero-order chi connectivity index (χ0) is 33.4. The standard InChI is InChI=1S/C27H40N4O13S/c1-27(2,3)31(19(32)16-41-22(37)8-4-6-20(33)34)14-18(44-24(39)17-42-23(38)9-5-7-21(35)36)15-43-26-25(28-45-29-26)30-10-12-40-13-11-30/h18H,4-17H2,1-3H3,(H,33,34)(H,35,36). The van der Waals surface area contributed by atoms with Gasteiger partial charge in [-0.3, -0.25) is 24.0 Å². The average Bonchev–Trinajstić information content (AvgIpc) is 3.44. The molecule has 0 saturated carbocycles. The third-order valence-electron chi connectivity index (χ3n) is 6.20. The molecule has 0 aromatic carbocycles. The molecule has 1 aromatic rings. The molecule has 2 N–H and O–H groups in total. The highest BCUT2D eigenvalue weighted by molar-refractivity contribution is 6.99. The number of carboxylic acids is 2. The van der Waals surface area contributed by atoms with Crippen molar-refractivity contribution in [1.82, 2.24) is 13.6 Å². The molecule has 0 aliphatic carbocycles. The number of hydrogen-bond donors (Lipinski definition) is 2. The Hall–Kier alpha value is -4.06. The van der Waals surface area contributed by atoms with Crippen LogP contribution in [0.2, 0.25) is 0 Å². The number of aromatic nitrogens is 2. The van der Waals surface area contributed by atoms with E-state index < -0.39 is 60.6 Å². The molecule has 1 aliphatic rings. The molecule has 2 rings (SSSR count). The van der Waals surface area contributed by atoms with E-state index in [4.69, 9.17) is 33.9 Å². The van der Waals surface area contributed by atoms with Gasteiger partial charge in [0.15, 0.2) is 19.3 Å². The number of ether oxygens (including phenoxy) is 5. The zero-order valence-electron chi connectivity index (χ0n) is 25.6. The first-order chi connectivity index (χ1) is 21.3. The van der Waals surface area contributed by atoms with Crippen molar-refractivity contribution >= 4 is 53.3 Å². The lowest BCUT2D eigenvalue weighted by Crippen LogP contribution is -2.52. The highest BCUT2D eigenvalue weighted by Crippen LogP contribution is 2.27. The van der Waals surface area contributed by atoms with E-state index in [2.05, 4.69) is 8.75 Å². The summed E-state index contributed by atoms with van der Waals surface area (Å²) in [7, 11) is 0. The maximum absolute atomic E-state index is 13.2. The summed E-state index contributed by atoms with van der Waals surface area (Å²) in [6, 6.07) is 0. The topological polar surface area (TPSA) is 221 Å². The van der Waals surface area contributed by atoms with E-state index in [0.717, 1.165) is 11.7 Å². The van der Waals surface area contributed by atoms with Crippen molar-refractivity contribution in [3.63, 3.8) is 0 Å². The number of amides is 1. The largest absolute Gasteiger partial charge is 0.481 e. The van der Waals surface area contributed by atoms with Crippen LogP contribution in [0.4, 0.5) is 5.82 Å². The van der Waals surface area contributed by atoms with Crippen LogP contribution in [0.3, 0.4) is 0 Å². The van der Waals surface area contributed by atoms with Crippen LogP contribution in [-0.4, -0.2) is 124 Å². The third-order valence-corrected chi connectivity index (χ3v) is 6.71. The molecule has 1 amide bonds. The Kier molecular flexibility index (Phi) is 15.4. The molecule has 1 fully saturated rings. The van der Waals surface area contributed by atoms with E-state index in [9.17, 15) is 28.8 Å². The predicted molar refractivity (Wildman–Crippen MR) is 155 cm³/mol. The summed E-state index contributed by atoms with van der Waals surface area (Å²) in [5, 5.41) is 17.4. The van der Waals surface area contributed by atoms with E-state index >= 15 is 0 Å². The van der Waals surface area contributed by atoms with Gasteiger partial charge in [-0.25, -0.2) is 4.79 Å². The second-order valence-electron chi connectivity index (χ2n) is 10.9. The van der Waals surface area contributed by atoms with Crippen LogP contribution in [0.15, 0.2) is 0 Å². The summed E-state index contributed by atoms with van der Waals surface area (Å²) >= 11 is 0.929. The summed E-state index contributed by atoms with van der Waals surface area (Å²) in [4.78, 5) is 74.4. The van der Waals surface area contributed by atoms with E-state index in [1.807, 2.05) is 4.90 Å². The van der Waals surface area contributed by atoms with Crippen molar-refractivity contribution in [3.05, 3.63) is 0 Å². The lowest BCUT2D eigenvalue weighted by Gasteiger charge is -2.37. The number of rotatable bonds is 19. The Morgan fingerprint density at radius 1 is 0.889 bits per heavy atom. The molecule has 0 bridgehead atoms. The van der Waals surface area contributed by atoms with Gasteiger partial charge in [-0.05, 0) is 33.6 Å². The lowest BCUT2D eigenvalue weighted by molar-refractivity contribution is -0.166. The molecule has 45 heavy (non-hydrogen) atoms. The van der Waals surface area contributed by atoms with E-state index in [1.165, 1.54) is 4.90 Å². The smallest absolute Gasteiger partial charge is 0.344 e. The number of nitrogens with zero attached hydrogens (tertiary/aromatic N) is 4. The molecule has 1 aliphatic heterocycles. The van der Waals surface area contributed by atoms with Crippen LogP contribution in [0, 0.1) is 0 Å². The number of morpholine rings is 1. The van der Waals surface area contributed by atoms with Gasteiger partial charge in [-0.1, -0.05) is 0 Å². The predicted octanol–water partition coefficient (Wildman–Crippen LogP) is 0.889. The number of esters is 3. The Bertz CT molecular complexity index is 1160. The van der Waals surface area contributed by atoms with Gasteiger partial charge in [0, 0.05) is 44.3 Å². The van der Waals surface area contributed by atoms with Gasteiger partial charge in [0.25, 0.3) is 11.8 Å². The number of carbonyl (C=O) groups excluding carboxylic acids is 4. The SMILES string of the molecule is CC(C)(C)N(CC(COc1nsnc1N1CCOCC1)OC(=O)COC(=O)CCCC(=O)O)C(=O)COC(=O)CCCC(=O)O. The highest BCUT2D eigenvalue weighted by Gasteiger charge is 2.32. The van der Waals surface area contributed by atoms with Crippen LogP contribution in [0.5, 0.6) is 5.88 Å². The first-order valence-corrected chi connectivity index (χ1v) is 15.0. The molecule has 1 aromatic heterocycles. The van der Waals surface area contributed by atoms with Gasteiger partial charge in [0.05, 0.1) is 31.5 Å². The van der Waals surface area contributed by atoms with Gasteiger partial charge < -0.3 is 43.7 Å². The molecular formula is C27H40N4O13S. The van der Waals surface area contributed by atoms with Crippen molar-refractivity contribution in [2.45, 2.75) is 70.9 Å². The summed E-state index contributed by atoms with van der Waals surface area (Å²) in [6.45, 7) is 5.44. The number of carbonyl (C=O) groups is 6.